The lowest BCUT2D eigenvalue weighted by molar-refractivity contribution is -0.0284. The van der Waals surface area contributed by atoms with Gasteiger partial charge in [-0.2, -0.15) is 0 Å². The lowest BCUT2D eigenvalue weighted by Gasteiger charge is -2.34. The smallest absolute Gasteiger partial charge is 0.191 e. The largest absolute Gasteiger partial charge is 0.378 e. The molecule has 1 atom stereocenters. The van der Waals surface area contributed by atoms with E-state index >= 15 is 0 Å². The van der Waals surface area contributed by atoms with Crippen molar-refractivity contribution in [2.75, 3.05) is 53.0 Å². The molecule has 1 saturated carbocycles. The molecule has 1 heterocycles. The van der Waals surface area contributed by atoms with Crippen LogP contribution < -0.4 is 10.6 Å². The number of halogens is 1. The van der Waals surface area contributed by atoms with Gasteiger partial charge >= 0.3 is 0 Å². The summed E-state index contributed by atoms with van der Waals surface area (Å²) in [5.41, 5.74) is 0. The standard InChI is InChI=1S/C22H44N4O2.HI/c1-19(2)17-26-13-15-28-21(18-26)16-25-22(23-3)24-12-8-9-14-27-20-10-6-4-5-7-11-20;/h19-21H,4-18H2,1-3H3,(H2,23,24,25);1H. The Morgan fingerprint density at radius 2 is 1.90 bits per heavy atom. The molecular weight excluding hydrogens is 479 g/mol. The van der Waals surface area contributed by atoms with Crippen molar-refractivity contribution in [2.45, 2.75) is 77.4 Å². The van der Waals surface area contributed by atoms with Gasteiger partial charge in [0.1, 0.15) is 0 Å². The molecule has 0 amide bonds. The third-order valence-electron chi connectivity index (χ3n) is 5.59. The zero-order valence-corrected chi connectivity index (χ0v) is 21.3. The summed E-state index contributed by atoms with van der Waals surface area (Å²) in [6, 6.07) is 0. The first-order valence-electron chi connectivity index (χ1n) is 11.6. The summed E-state index contributed by atoms with van der Waals surface area (Å²) in [6.07, 6.45) is 10.9. The fourth-order valence-electron chi connectivity index (χ4n) is 4.11. The molecule has 1 aliphatic carbocycles. The zero-order chi connectivity index (χ0) is 20.0. The van der Waals surface area contributed by atoms with E-state index < -0.39 is 0 Å². The van der Waals surface area contributed by atoms with Gasteiger partial charge in [-0.15, -0.1) is 24.0 Å². The molecule has 29 heavy (non-hydrogen) atoms. The molecule has 0 spiro atoms. The number of hydrogen-bond acceptors (Lipinski definition) is 4. The number of morpholine rings is 1. The second-order valence-electron chi connectivity index (χ2n) is 8.72. The highest BCUT2D eigenvalue weighted by atomic mass is 127. The van der Waals surface area contributed by atoms with E-state index in [0.717, 1.165) is 64.7 Å². The minimum Gasteiger partial charge on any atom is -0.378 e. The van der Waals surface area contributed by atoms with Crippen LogP contribution in [0.1, 0.15) is 65.2 Å². The van der Waals surface area contributed by atoms with E-state index in [1.165, 1.54) is 38.5 Å². The van der Waals surface area contributed by atoms with Gasteiger partial charge in [0.15, 0.2) is 5.96 Å². The van der Waals surface area contributed by atoms with Crippen molar-refractivity contribution in [3.8, 4) is 0 Å². The molecule has 2 rings (SSSR count). The van der Waals surface area contributed by atoms with Crippen LogP contribution in [0.25, 0.3) is 0 Å². The Bertz CT molecular complexity index is 429. The Hall–Kier alpha value is -0.120. The second kappa shape index (κ2) is 16.6. The fraction of sp³-hybridized carbons (Fsp3) is 0.955. The average molecular weight is 525 g/mol. The van der Waals surface area contributed by atoms with Gasteiger partial charge in [-0.25, -0.2) is 0 Å². The van der Waals surface area contributed by atoms with E-state index in [9.17, 15) is 0 Å². The first-order chi connectivity index (χ1) is 13.7. The molecule has 1 saturated heterocycles. The predicted molar refractivity (Wildman–Crippen MR) is 132 cm³/mol. The average Bonchev–Trinajstić information content (AvgIpc) is 2.95. The molecule has 1 unspecified atom stereocenters. The summed E-state index contributed by atoms with van der Waals surface area (Å²) in [4.78, 5) is 6.84. The van der Waals surface area contributed by atoms with Gasteiger partial charge < -0.3 is 20.1 Å². The maximum absolute atomic E-state index is 6.07. The van der Waals surface area contributed by atoms with Gasteiger partial charge in [-0.3, -0.25) is 9.89 Å². The molecule has 0 aromatic carbocycles. The number of guanidine groups is 1. The quantitative estimate of drug-likeness (QED) is 0.150. The molecule has 0 aromatic rings. The first kappa shape index (κ1) is 26.9. The maximum atomic E-state index is 6.07. The molecule has 0 bridgehead atoms. The topological polar surface area (TPSA) is 58.1 Å². The number of rotatable bonds is 10. The predicted octanol–water partition coefficient (Wildman–Crippen LogP) is 3.65. The highest BCUT2D eigenvalue weighted by Crippen LogP contribution is 2.19. The molecule has 2 aliphatic rings. The van der Waals surface area contributed by atoms with Gasteiger partial charge in [0.05, 0.1) is 18.8 Å². The van der Waals surface area contributed by atoms with Gasteiger partial charge in [-0.1, -0.05) is 39.5 Å². The summed E-state index contributed by atoms with van der Waals surface area (Å²) in [7, 11) is 1.83. The highest BCUT2D eigenvalue weighted by Gasteiger charge is 2.21. The number of aliphatic imine (C=N–C) groups is 1. The van der Waals surface area contributed by atoms with Crippen molar-refractivity contribution in [3.05, 3.63) is 0 Å². The molecule has 6 nitrogen and oxygen atoms in total. The second-order valence-corrected chi connectivity index (χ2v) is 8.72. The maximum Gasteiger partial charge on any atom is 0.191 e. The van der Waals surface area contributed by atoms with Crippen molar-refractivity contribution in [1.82, 2.24) is 15.5 Å². The third-order valence-corrected chi connectivity index (χ3v) is 5.59. The van der Waals surface area contributed by atoms with Crippen LogP contribution in [0.5, 0.6) is 0 Å². The lowest BCUT2D eigenvalue weighted by Crippen LogP contribution is -2.50. The number of unbranched alkanes of at least 4 members (excludes halogenated alkanes) is 1. The van der Waals surface area contributed by atoms with Crippen molar-refractivity contribution >= 4 is 29.9 Å². The van der Waals surface area contributed by atoms with Crippen molar-refractivity contribution in [3.63, 3.8) is 0 Å². The van der Waals surface area contributed by atoms with Crippen LogP contribution in [0.2, 0.25) is 0 Å². The van der Waals surface area contributed by atoms with Gasteiger partial charge in [-0.05, 0) is 31.6 Å². The van der Waals surface area contributed by atoms with Crippen molar-refractivity contribution in [1.29, 1.82) is 0 Å². The van der Waals surface area contributed by atoms with Crippen LogP contribution in [0.15, 0.2) is 4.99 Å². The Morgan fingerprint density at radius 1 is 1.14 bits per heavy atom. The van der Waals surface area contributed by atoms with Gasteiger partial charge in [0.2, 0.25) is 0 Å². The van der Waals surface area contributed by atoms with Gasteiger partial charge in [0, 0.05) is 46.4 Å². The third kappa shape index (κ3) is 12.4. The summed E-state index contributed by atoms with van der Waals surface area (Å²) in [6.45, 7) is 11.2. The van der Waals surface area contributed by atoms with E-state index in [1.807, 2.05) is 7.05 Å². The number of nitrogens with one attached hydrogen (secondary N) is 2. The van der Waals surface area contributed by atoms with Crippen LogP contribution in [0.3, 0.4) is 0 Å². The van der Waals surface area contributed by atoms with Crippen LogP contribution in [0.4, 0.5) is 0 Å². The SMILES string of the molecule is CN=C(NCCCCOC1CCCCCC1)NCC1CN(CC(C)C)CCO1.I. The molecule has 172 valence electrons. The van der Waals surface area contributed by atoms with E-state index in [4.69, 9.17) is 9.47 Å². The Balaban J connectivity index is 0.00000420. The minimum atomic E-state index is 0. The first-order valence-corrected chi connectivity index (χ1v) is 11.6. The number of nitrogens with zero attached hydrogens (tertiary/aromatic N) is 2. The summed E-state index contributed by atoms with van der Waals surface area (Å²) < 4.78 is 12.0. The number of hydrogen-bond donors (Lipinski definition) is 2. The van der Waals surface area contributed by atoms with E-state index in [1.54, 1.807) is 0 Å². The zero-order valence-electron chi connectivity index (χ0n) is 19.0. The molecule has 2 fully saturated rings. The Labute approximate surface area is 196 Å². The number of ether oxygens (including phenoxy) is 2. The van der Waals surface area contributed by atoms with Crippen LogP contribution >= 0.6 is 24.0 Å². The molecule has 7 heteroatoms. The minimum absolute atomic E-state index is 0. The monoisotopic (exact) mass is 524 g/mol. The molecule has 1 aliphatic heterocycles. The molecule has 0 aromatic heterocycles. The van der Waals surface area contributed by atoms with Crippen molar-refractivity contribution < 1.29 is 9.47 Å². The molecule has 2 N–H and O–H groups in total. The van der Waals surface area contributed by atoms with Crippen LogP contribution in [-0.4, -0.2) is 76.1 Å². The Morgan fingerprint density at radius 3 is 2.59 bits per heavy atom. The summed E-state index contributed by atoms with van der Waals surface area (Å²) in [5, 5.41) is 6.83. The summed E-state index contributed by atoms with van der Waals surface area (Å²) in [5.74, 6) is 1.57. The van der Waals surface area contributed by atoms with E-state index in [0.29, 0.717) is 12.0 Å². The lowest BCUT2D eigenvalue weighted by atomic mass is 10.1. The molecular formula is C22H45IN4O2. The Kier molecular flexibility index (Phi) is 15.4. The normalized spacial score (nSPS) is 22.2. The molecule has 0 radical (unpaired) electrons. The summed E-state index contributed by atoms with van der Waals surface area (Å²) >= 11 is 0. The highest BCUT2D eigenvalue weighted by molar-refractivity contribution is 14.0. The van der Waals surface area contributed by atoms with Crippen molar-refractivity contribution in [2.24, 2.45) is 10.9 Å². The van der Waals surface area contributed by atoms with Crippen LogP contribution in [0, 0.1) is 5.92 Å². The van der Waals surface area contributed by atoms with E-state index in [-0.39, 0.29) is 30.1 Å². The fourth-order valence-corrected chi connectivity index (χ4v) is 4.11. The van der Waals surface area contributed by atoms with E-state index in [2.05, 4.69) is 34.4 Å². The van der Waals surface area contributed by atoms with Gasteiger partial charge in [0.25, 0.3) is 0 Å². The van der Waals surface area contributed by atoms with Crippen LogP contribution in [-0.2, 0) is 9.47 Å².